The Labute approximate surface area is 115 Å². The monoisotopic (exact) mass is 278 g/mol. The van der Waals surface area contributed by atoms with E-state index in [0.29, 0.717) is 17.3 Å². The van der Waals surface area contributed by atoms with Gasteiger partial charge in [-0.1, -0.05) is 23.7 Å². The standard InChI is InChI=1S/C14H12ClFN2O/c1-18(9-10-3-2-4-12(16)7-10)14(19)11-5-6-13(15)17-8-11/h2-8H,9H2,1H3. The van der Waals surface area contributed by atoms with Crippen molar-refractivity contribution in [3.05, 3.63) is 64.7 Å². The van der Waals surface area contributed by atoms with Crippen molar-refractivity contribution in [1.29, 1.82) is 0 Å². The average molecular weight is 279 g/mol. The summed E-state index contributed by atoms with van der Waals surface area (Å²) in [4.78, 5) is 17.5. The van der Waals surface area contributed by atoms with Crippen molar-refractivity contribution in [2.45, 2.75) is 6.54 Å². The maximum Gasteiger partial charge on any atom is 0.255 e. The minimum absolute atomic E-state index is 0.187. The second-order valence-electron chi connectivity index (χ2n) is 4.16. The molecule has 0 atom stereocenters. The number of halogens is 2. The van der Waals surface area contributed by atoms with E-state index in [4.69, 9.17) is 11.6 Å². The van der Waals surface area contributed by atoms with Gasteiger partial charge in [-0.25, -0.2) is 9.37 Å². The lowest BCUT2D eigenvalue weighted by molar-refractivity contribution is 0.0784. The lowest BCUT2D eigenvalue weighted by Crippen LogP contribution is -2.26. The van der Waals surface area contributed by atoms with E-state index in [0.717, 1.165) is 5.56 Å². The lowest BCUT2D eigenvalue weighted by atomic mass is 10.2. The van der Waals surface area contributed by atoms with Crippen LogP contribution in [0.2, 0.25) is 5.15 Å². The molecule has 0 spiro atoms. The molecule has 0 saturated carbocycles. The summed E-state index contributed by atoms with van der Waals surface area (Å²) in [6.45, 7) is 0.333. The zero-order chi connectivity index (χ0) is 13.8. The van der Waals surface area contributed by atoms with E-state index in [2.05, 4.69) is 4.98 Å². The highest BCUT2D eigenvalue weighted by Crippen LogP contribution is 2.11. The van der Waals surface area contributed by atoms with Crippen molar-refractivity contribution < 1.29 is 9.18 Å². The number of benzene rings is 1. The summed E-state index contributed by atoms with van der Waals surface area (Å²) in [5.41, 5.74) is 1.18. The first kappa shape index (κ1) is 13.5. The summed E-state index contributed by atoms with van der Waals surface area (Å²) in [5, 5.41) is 0.337. The Balaban J connectivity index is 2.09. The highest BCUT2D eigenvalue weighted by Gasteiger charge is 2.12. The van der Waals surface area contributed by atoms with Crippen LogP contribution in [-0.4, -0.2) is 22.8 Å². The fourth-order valence-electron chi connectivity index (χ4n) is 1.70. The predicted molar refractivity (Wildman–Crippen MR) is 71.4 cm³/mol. The Morgan fingerprint density at radius 1 is 1.37 bits per heavy atom. The van der Waals surface area contributed by atoms with Gasteiger partial charge in [-0.3, -0.25) is 4.79 Å². The van der Waals surface area contributed by atoms with Crippen molar-refractivity contribution in [2.24, 2.45) is 0 Å². The van der Waals surface area contributed by atoms with Crippen molar-refractivity contribution in [3.63, 3.8) is 0 Å². The molecule has 3 nitrogen and oxygen atoms in total. The summed E-state index contributed by atoms with van der Waals surface area (Å²) < 4.78 is 13.1. The molecule has 0 aliphatic rings. The fourth-order valence-corrected chi connectivity index (χ4v) is 1.82. The molecule has 2 aromatic rings. The van der Waals surface area contributed by atoms with Gasteiger partial charge in [0.1, 0.15) is 11.0 Å². The van der Waals surface area contributed by atoms with Crippen LogP contribution < -0.4 is 0 Å². The maximum atomic E-state index is 13.1. The van der Waals surface area contributed by atoms with Crippen molar-refractivity contribution in [2.75, 3.05) is 7.05 Å². The van der Waals surface area contributed by atoms with Gasteiger partial charge in [-0.2, -0.15) is 0 Å². The third kappa shape index (κ3) is 3.51. The molecule has 1 amide bonds. The number of carbonyl (C=O) groups is 1. The number of hydrogen-bond acceptors (Lipinski definition) is 2. The molecule has 0 aliphatic heterocycles. The van der Waals surface area contributed by atoms with Gasteiger partial charge in [0.2, 0.25) is 0 Å². The molecule has 0 aliphatic carbocycles. The zero-order valence-electron chi connectivity index (χ0n) is 10.3. The molecular weight excluding hydrogens is 267 g/mol. The van der Waals surface area contributed by atoms with E-state index in [-0.39, 0.29) is 11.7 Å². The maximum absolute atomic E-state index is 13.1. The van der Waals surface area contributed by atoms with Crippen molar-refractivity contribution in [3.8, 4) is 0 Å². The first-order valence-corrected chi connectivity index (χ1v) is 6.05. The largest absolute Gasteiger partial charge is 0.337 e. The number of amides is 1. The van der Waals surface area contributed by atoms with E-state index in [9.17, 15) is 9.18 Å². The van der Waals surface area contributed by atoms with Crippen LogP contribution in [0.15, 0.2) is 42.6 Å². The van der Waals surface area contributed by atoms with Gasteiger partial charge in [-0.15, -0.1) is 0 Å². The minimum Gasteiger partial charge on any atom is -0.337 e. The van der Waals surface area contributed by atoms with Crippen LogP contribution in [0.3, 0.4) is 0 Å². The van der Waals surface area contributed by atoms with E-state index >= 15 is 0 Å². The molecule has 0 saturated heterocycles. The Morgan fingerprint density at radius 3 is 2.79 bits per heavy atom. The van der Waals surface area contributed by atoms with Crippen LogP contribution in [0.25, 0.3) is 0 Å². The molecule has 0 radical (unpaired) electrons. The zero-order valence-corrected chi connectivity index (χ0v) is 11.1. The third-order valence-corrected chi connectivity index (χ3v) is 2.85. The molecule has 0 fully saturated rings. The van der Waals surface area contributed by atoms with Gasteiger partial charge < -0.3 is 4.90 Å². The smallest absolute Gasteiger partial charge is 0.255 e. The molecular formula is C14H12ClFN2O. The van der Waals surface area contributed by atoms with Gasteiger partial charge in [-0.05, 0) is 29.8 Å². The van der Waals surface area contributed by atoms with Crippen LogP contribution >= 0.6 is 11.6 Å². The highest BCUT2D eigenvalue weighted by molar-refractivity contribution is 6.29. The van der Waals surface area contributed by atoms with Crippen molar-refractivity contribution >= 4 is 17.5 Å². The number of nitrogens with zero attached hydrogens (tertiary/aromatic N) is 2. The van der Waals surface area contributed by atoms with E-state index in [1.165, 1.54) is 23.2 Å². The molecule has 0 bridgehead atoms. The number of pyridine rings is 1. The third-order valence-electron chi connectivity index (χ3n) is 2.63. The van der Waals surface area contributed by atoms with Gasteiger partial charge >= 0.3 is 0 Å². The average Bonchev–Trinajstić information content (AvgIpc) is 2.39. The van der Waals surface area contributed by atoms with Gasteiger partial charge in [0, 0.05) is 19.8 Å². The Bertz CT molecular complexity index is 586. The number of hydrogen-bond donors (Lipinski definition) is 0. The molecule has 1 aromatic carbocycles. The van der Waals surface area contributed by atoms with E-state index in [1.54, 1.807) is 31.3 Å². The Hall–Kier alpha value is -1.94. The summed E-state index contributed by atoms with van der Waals surface area (Å²) in [7, 11) is 1.65. The van der Waals surface area contributed by atoms with Crippen LogP contribution in [0.4, 0.5) is 4.39 Å². The number of rotatable bonds is 3. The second-order valence-corrected chi connectivity index (χ2v) is 4.55. The summed E-state index contributed by atoms with van der Waals surface area (Å²) in [6.07, 6.45) is 1.42. The quantitative estimate of drug-likeness (QED) is 0.808. The first-order valence-electron chi connectivity index (χ1n) is 5.68. The lowest BCUT2D eigenvalue weighted by Gasteiger charge is -2.17. The van der Waals surface area contributed by atoms with E-state index < -0.39 is 0 Å². The van der Waals surface area contributed by atoms with Gasteiger partial charge in [0.25, 0.3) is 5.91 Å². The first-order chi connectivity index (χ1) is 9.06. The molecule has 98 valence electrons. The number of aromatic nitrogens is 1. The SMILES string of the molecule is CN(Cc1cccc(F)c1)C(=O)c1ccc(Cl)nc1. The fraction of sp³-hybridized carbons (Fsp3) is 0.143. The minimum atomic E-state index is -0.313. The van der Waals surface area contributed by atoms with E-state index in [1.807, 2.05) is 0 Å². The van der Waals surface area contributed by atoms with Gasteiger partial charge in [0.15, 0.2) is 0 Å². The molecule has 5 heteroatoms. The second kappa shape index (κ2) is 5.80. The molecule has 2 rings (SSSR count). The summed E-state index contributed by atoms with van der Waals surface area (Å²) >= 11 is 5.67. The Kier molecular flexibility index (Phi) is 4.12. The summed E-state index contributed by atoms with van der Waals surface area (Å²) in [5.74, 6) is -0.500. The van der Waals surface area contributed by atoms with Crippen molar-refractivity contribution in [1.82, 2.24) is 9.88 Å². The molecule has 1 heterocycles. The van der Waals surface area contributed by atoms with Crippen LogP contribution in [0, 0.1) is 5.82 Å². The highest BCUT2D eigenvalue weighted by atomic mass is 35.5. The molecule has 1 aromatic heterocycles. The normalized spacial score (nSPS) is 10.3. The predicted octanol–water partition coefficient (Wildman–Crippen LogP) is 3.15. The number of carbonyl (C=O) groups excluding carboxylic acids is 1. The van der Waals surface area contributed by atoms with Crippen LogP contribution in [-0.2, 0) is 6.54 Å². The topological polar surface area (TPSA) is 33.2 Å². The van der Waals surface area contributed by atoms with Crippen LogP contribution in [0.5, 0.6) is 0 Å². The summed E-state index contributed by atoms with van der Waals surface area (Å²) in [6, 6.07) is 9.34. The van der Waals surface area contributed by atoms with Crippen LogP contribution in [0.1, 0.15) is 15.9 Å². The molecule has 0 N–H and O–H groups in total. The van der Waals surface area contributed by atoms with Gasteiger partial charge in [0.05, 0.1) is 5.56 Å². The molecule has 19 heavy (non-hydrogen) atoms. The Morgan fingerprint density at radius 2 is 2.16 bits per heavy atom. The molecule has 0 unspecified atom stereocenters.